The Bertz CT molecular complexity index is 919. The second-order valence-corrected chi connectivity index (χ2v) is 11.9. The number of nitrogens with zero attached hydrogens (tertiary/aromatic N) is 2. The smallest absolute Gasteiger partial charge is 0.264 e. The molecule has 1 fully saturated rings. The van der Waals surface area contributed by atoms with Crippen molar-refractivity contribution in [1.82, 2.24) is 9.21 Å². The number of hydrogen-bond acceptors (Lipinski definition) is 5. The molecule has 2 aromatic heterocycles. The van der Waals surface area contributed by atoms with Gasteiger partial charge in [-0.05, 0) is 49.4 Å². The molecule has 4 rings (SSSR count). The summed E-state index contributed by atoms with van der Waals surface area (Å²) in [7, 11) is -3.53. The zero-order chi connectivity index (χ0) is 19.0. The molecule has 1 aliphatic heterocycles. The lowest BCUT2D eigenvalue weighted by Gasteiger charge is -2.33. The first-order chi connectivity index (χ1) is 12.9. The summed E-state index contributed by atoms with van der Waals surface area (Å²) >= 11 is 8.56. The monoisotopic (exact) mass is 444 g/mol. The second kappa shape index (κ2) is 7.83. The Hall–Kier alpha value is -0.930. The molecule has 2 aliphatic rings. The average Bonchev–Trinajstić information content (AvgIpc) is 3.22. The lowest BCUT2D eigenvalue weighted by molar-refractivity contribution is 0.0703. The van der Waals surface area contributed by atoms with Crippen LogP contribution in [0.3, 0.4) is 0 Å². The van der Waals surface area contributed by atoms with Crippen LogP contribution in [0, 0.1) is 0 Å². The van der Waals surface area contributed by atoms with Crippen LogP contribution in [0.2, 0.25) is 4.34 Å². The summed E-state index contributed by atoms with van der Waals surface area (Å²) in [5, 5.41) is 0. The molecule has 1 saturated heterocycles. The number of piperazine rings is 1. The van der Waals surface area contributed by atoms with Crippen molar-refractivity contribution in [2.75, 3.05) is 26.2 Å². The first kappa shape index (κ1) is 19.4. The molecular formula is C18H21ClN2O3S3. The van der Waals surface area contributed by atoms with Crippen LogP contribution in [0.15, 0.2) is 22.4 Å². The fourth-order valence-electron chi connectivity index (χ4n) is 3.62. The maximum Gasteiger partial charge on any atom is 0.264 e. The van der Waals surface area contributed by atoms with E-state index in [-0.39, 0.29) is 10.1 Å². The number of carbonyl (C=O) groups excluding carboxylic acids is 1. The molecule has 3 heterocycles. The van der Waals surface area contributed by atoms with Crippen molar-refractivity contribution in [3.63, 3.8) is 0 Å². The van der Waals surface area contributed by atoms with Gasteiger partial charge in [-0.1, -0.05) is 18.0 Å². The normalized spacial score (nSPS) is 18.9. The van der Waals surface area contributed by atoms with Gasteiger partial charge in [-0.2, -0.15) is 4.31 Å². The van der Waals surface area contributed by atoms with Crippen molar-refractivity contribution in [1.29, 1.82) is 0 Å². The number of rotatable bonds is 3. The lowest BCUT2D eigenvalue weighted by Crippen LogP contribution is -2.50. The molecule has 1 amide bonds. The summed E-state index contributed by atoms with van der Waals surface area (Å²) in [4.78, 5) is 16.8. The van der Waals surface area contributed by atoms with Crippen LogP contribution in [-0.4, -0.2) is 49.7 Å². The highest BCUT2D eigenvalue weighted by Crippen LogP contribution is 2.31. The Kier molecular flexibility index (Phi) is 5.62. The predicted molar refractivity (Wildman–Crippen MR) is 110 cm³/mol. The van der Waals surface area contributed by atoms with E-state index in [2.05, 4.69) is 6.07 Å². The first-order valence-corrected chi connectivity index (χ1v) is 12.6. The third kappa shape index (κ3) is 3.96. The minimum absolute atomic E-state index is 0.0317. The zero-order valence-electron chi connectivity index (χ0n) is 14.8. The molecule has 27 heavy (non-hydrogen) atoms. The molecule has 0 saturated carbocycles. The zero-order valence-corrected chi connectivity index (χ0v) is 18.0. The van der Waals surface area contributed by atoms with E-state index in [0.717, 1.165) is 29.1 Å². The van der Waals surface area contributed by atoms with E-state index < -0.39 is 10.0 Å². The second-order valence-electron chi connectivity index (χ2n) is 6.87. The molecule has 9 heteroatoms. The fraction of sp³-hybridized carbons (Fsp3) is 0.500. The van der Waals surface area contributed by atoms with Gasteiger partial charge in [0, 0.05) is 31.1 Å². The predicted octanol–water partition coefficient (Wildman–Crippen LogP) is 3.88. The standard InChI is InChI=1S/C18H21ClN2O3S3/c19-16-6-7-17(26-16)27(23,24)21-10-8-20(9-11-21)18(22)15-12-13-4-2-1-3-5-14(13)25-15/h6-7,12H,1-5,8-11H2. The highest BCUT2D eigenvalue weighted by molar-refractivity contribution is 7.91. The highest BCUT2D eigenvalue weighted by Gasteiger charge is 2.32. The Labute approximate surface area is 172 Å². The molecule has 0 spiro atoms. The topological polar surface area (TPSA) is 57.7 Å². The van der Waals surface area contributed by atoms with Crippen molar-refractivity contribution in [2.45, 2.75) is 36.3 Å². The highest BCUT2D eigenvalue weighted by atomic mass is 35.5. The van der Waals surface area contributed by atoms with E-state index in [4.69, 9.17) is 11.6 Å². The number of fused-ring (bicyclic) bond motifs is 1. The van der Waals surface area contributed by atoms with E-state index in [1.807, 2.05) is 0 Å². The number of carbonyl (C=O) groups is 1. The Morgan fingerprint density at radius 2 is 1.74 bits per heavy atom. The van der Waals surface area contributed by atoms with Crippen molar-refractivity contribution < 1.29 is 13.2 Å². The molecule has 0 bridgehead atoms. The molecule has 0 N–H and O–H groups in total. The summed E-state index contributed by atoms with van der Waals surface area (Å²) in [5.74, 6) is 0.0317. The number of thiophene rings is 2. The van der Waals surface area contributed by atoms with Crippen LogP contribution < -0.4 is 0 Å². The van der Waals surface area contributed by atoms with Gasteiger partial charge in [0.25, 0.3) is 15.9 Å². The molecular weight excluding hydrogens is 424 g/mol. The number of halogens is 1. The van der Waals surface area contributed by atoms with E-state index in [1.165, 1.54) is 34.0 Å². The van der Waals surface area contributed by atoms with E-state index >= 15 is 0 Å². The van der Waals surface area contributed by atoms with Crippen molar-refractivity contribution in [3.05, 3.63) is 37.9 Å². The molecule has 146 valence electrons. The maximum absolute atomic E-state index is 12.9. The Morgan fingerprint density at radius 3 is 2.44 bits per heavy atom. The summed E-state index contributed by atoms with van der Waals surface area (Å²) in [6, 6.07) is 5.20. The third-order valence-corrected chi connectivity index (χ3v) is 9.95. The van der Waals surface area contributed by atoms with Crippen LogP contribution in [0.4, 0.5) is 0 Å². The minimum Gasteiger partial charge on any atom is -0.335 e. The Balaban J connectivity index is 1.42. The fourth-order valence-corrected chi connectivity index (χ4v) is 7.90. The van der Waals surface area contributed by atoms with Crippen LogP contribution in [0.25, 0.3) is 0 Å². The molecule has 1 aliphatic carbocycles. The number of hydrogen-bond donors (Lipinski definition) is 0. The van der Waals surface area contributed by atoms with E-state index in [9.17, 15) is 13.2 Å². The molecule has 0 aromatic carbocycles. The summed E-state index contributed by atoms with van der Waals surface area (Å²) in [6.45, 7) is 1.46. The number of amides is 1. The van der Waals surface area contributed by atoms with Gasteiger partial charge in [0.15, 0.2) is 0 Å². The maximum atomic E-state index is 12.9. The summed E-state index contributed by atoms with van der Waals surface area (Å²) < 4.78 is 27.5. The van der Waals surface area contributed by atoms with Crippen LogP contribution in [0.5, 0.6) is 0 Å². The van der Waals surface area contributed by atoms with Gasteiger partial charge in [0.1, 0.15) is 4.21 Å². The van der Waals surface area contributed by atoms with Gasteiger partial charge < -0.3 is 4.90 Å². The lowest BCUT2D eigenvalue weighted by atomic mass is 10.1. The number of sulfonamides is 1. The average molecular weight is 445 g/mol. The van der Waals surface area contributed by atoms with Gasteiger partial charge in [-0.3, -0.25) is 4.79 Å². The van der Waals surface area contributed by atoms with Crippen LogP contribution in [-0.2, 0) is 22.9 Å². The van der Waals surface area contributed by atoms with Gasteiger partial charge in [-0.15, -0.1) is 22.7 Å². The van der Waals surface area contributed by atoms with Gasteiger partial charge in [-0.25, -0.2) is 8.42 Å². The van der Waals surface area contributed by atoms with Crippen molar-refractivity contribution in [3.8, 4) is 0 Å². The van der Waals surface area contributed by atoms with E-state index in [0.29, 0.717) is 30.5 Å². The minimum atomic E-state index is -3.53. The van der Waals surface area contributed by atoms with Gasteiger partial charge in [0.2, 0.25) is 0 Å². The molecule has 2 aromatic rings. The van der Waals surface area contributed by atoms with Crippen LogP contribution >= 0.6 is 34.3 Å². The molecule has 0 atom stereocenters. The number of aryl methyl sites for hydroxylation is 2. The quantitative estimate of drug-likeness (QED) is 0.675. The van der Waals surface area contributed by atoms with Crippen LogP contribution in [0.1, 0.15) is 39.4 Å². The van der Waals surface area contributed by atoms with E-state index in [1.54, 1.807) is 28.4 Å². The largest absolute Gasteiger partial charge is 0.335 e. The molecule has 0 radical (unpaired) electrons. The molecule has 5 nitrogen and oxygen atoms in total. The van der Waals surface area contributed by atoms with Crippen molar-refractivity contribution >= 4 is 50.2 Å². The Morgan fingerprint density at radius 1 is 1.00 bits per heavy atom. The van der Waals surface area contributed by atoms with Gasteiger partial charge >= 0.3 is 0 Å². The SMILES string of the molecule is O=C(c1cc2c(s1)CCCCC2)N1CCN(S(=O)(=O)c2ccc(Cl)s2)CC1. The first-order valence-electron chi connectivity index (χ1n) is 9.11. The van der Waals surface area contributed by atoms with Gasteiger partial charge in [0.05, 0.1) is 9.21 Å². The summed E-state index contributed by atoms with van der Waals surface area (Å²) in [5.41, 5.74) is 1.33. The summed E-state index contributed by atoms with van der Waals surface area (Å²) in [6.07, 6.45) is 5.79. The third-order valence-electron chi connectivity index (χ3n) is 5.13. The van der Waals surface area contributed by atoms with Crippen molar-refractivity contribution in [2.24, 2.45) is 0 Å². The molecule has 0 unspecified atom stereocenters.